The second-order valence-corrected chi connectivity index (χ2v) is 6.51. The van der Waals surface area contributed by atoms with Crippen LogP contribution in [0.15, 0.2) is 24.3 Å². The van der Waals surface area contributed by atoms with Crippen molar-refractivity contribution in [1.29, 1.82) is 0 Å². The maximum Gasteiger partial charge on any atom is 0.344 e. The van der Waals surface area contributed by atoms with E-state index in [0.29, 0.717) is 18.8 Å². The van der Waals surface area contributed by atoms with E-state index in [-0.39, 0.29) is 36.7 Å². The van der Waals surface area contributed by atoms with Crippen LogP contribution in [0.4, 0.5) is 0 Å². The lowest BCUT2D eigenvalue weighted by Crippen LogP contribution is -2.49. The fraction of sp³-hybridized carbons (Fsp3) is 0.444. The Kier molecular flexibility index (Phi) is 4.18. The first-order valence-electron chi connectivity index (χ1n) is 8.29. The van der Waals surface area contributed by atoms with Crippen LogP contribution in [0.25, 0.3) is 6.08 Å². The summed E-state index contributed by atoms with van der Waals surface area (Å²) in [4.78, 5) is 25.2. The summed E-state index contributed by atoms with van der Waals surface area (Å²) in [5, 5.41) is 20.9. The first-order chi connectivity index (χ1) is 12.5. The number of benzene rings is 1. The molecule has 0 saturated carbocycles. The maximum atomic E-state index is 12.7. The normalized spacial score (nSPS) is 31.0. The number of hydrogen-bond donors (Lipinski definition) is 2. The standard InChI is InChI=1S/C18H18O8/c19-11-2-4-14-10(5-11)1-3-15(16(20)25-8-12-6-23-12)18(14,22)17(21)26-9-13-7-24-13/h1-5,12-13,15,19,22H,6-9H2. The van der Waals surface area contributed by atoms with Gasteiger partial charge < -0.3 is 29.2 Å². The molecule has 2 saturated heterocycles. The van der Waals surface area contributed by atoms with E-state index in [4.69, 9.17) is 18.9 Å². The molecule has 1 aromatic carbocycles. The van der Waals surface area contributed by atoms with Gasteiger partial charge in [0.2, 0.25) is 5.60 Å². The van der Waals surface area contributed by atoms with Crippen molar-refractivity contribution in [1.82, 2.24) is 0 Å². The molecule has 0 bridgehead atoms. The maximum absolute atomic E-state index is 12.7. The van der Waals surface area contributed by atoms with E-state index in [0.717, 1.165) is 0 Å². The average Bonchev–Trinajstić information content (AvgIpc) is 3.52. The number of esters is 2. The smallest absolute Gasteiger partial charge is 0.344 e. The number of ether oxygens (including phenoxy) is 4. The van der Waals surface area contributed by atoms with Crippen molar-refractivity contribution in [2.45, 2.75) is 17.8 Å². The summed E-state index contributed by atoms with van der Waals surface area (Å²) in [6.07, 6.45) is 2.62. The van der Waals surface area contributed by atoms with Crippen LogP contribution in [0.2, 0.25) is 0 Å². The highest BCUT2D eigenvalue weighted by Gasteiger charge is 2.53. The molecule has 4 unspecified atom stereocenters. The SMILES string of the molecule is O=C(OCC1CO1)C1C=Cc2cc(O)ccc2C1(O)C(=O)OCC1CO1. The molecule has 4 atom stereocenters. The Bertz CT molecular complexity index is 764. The number of aliphatic hydroxyl groups is 1. The molecule has 0 radical (unpaired) electrons. The molecule has 26 heavy (non-hydrogen) atoms. The van der Waals surface area contributed by atoms with Gasteiger partial charge >= 0.3 is 11.9 Å². The van der Waals surface area contributed by atoms with Crippen molar-refractivity contribution in [2.24, 2.45) is 5.92 Å². The highest BCUT2D eigenvalue weighted by Crippen LogP contribution is 2.41. The third-order valence-electron chi connectivity index (χ3n) is 4.55. The molecule has 8 nitrogen and oxygen atoms in total. The number of rotatable bonds is 6. The summed E-state index contributed by atoms with van der Waals surface area (Å²) in [6.45, 7) is 1.06. The number of hydrogen-bond acceptors (Lipinski definition) is 8. The largest absolute Gasteiger partial charge is 0.508 e. The molecule has 2 heterocycles. The molecule has 1 aromatic rings. The summed E-state index contributed by atoms with van der Waals surface area (Å²) in [7, 11) is 0. The lowest BCUT2D eigenvalue weighted by atomic mass is 9.75. The van der Waals surface area contributed by atoms with Crippen LogP contribution in [-0.4, -0.2) is 60.8 Å². The van der Waals surface area contributed by atoms with Crippen molar-refractivity contribution < 1.29 is 38.7 Å². The van der Waals surface area contributed by atoms with Gasteiger partial charge in [0.25, 0.3) is 0 Å². The Morgan fingerprint density at radius 2 is 1.81 bits per heavy atom. The van der Waals surface area contributed by atoms with Crippen LogP contribution in [-0.2, 0) is 34.1 Å². The van der Waals surface area contributed by atoms with Crippen LogP contribution >= 0.6 is 0 Å². The van der Waals surface area contributed by atoms with Gasteiger partial charge in [0, 0.05) is 5.56 Å². The number of carbonyl (C=O) groups excluding carboxylic acids is 2. The van der Waals surface area contributed by atoms with Gasteiger partial charge in [-0.1, -0.05) is 18.2 Å². The average molecular weight is 362 g/mol. The molecule has 2 fully saturated rings. The first kappa shape index (κ1) is 17.0. The summed E-state index contributed by atoms with van der Waals surface area (Å²) in [5.41, 5.74) is -1.67. The molecule has 2 aliphatic heterocycles. The predicted octanol–water partition coefficient (Wildman–Crippen LogP) is 0.107. The van der Waals surface area contributed by atoms with E-state index >= 15 is 0 Å². The van der Waals surface area contributed by atoms with Gasteiger partial charge in [-0.3, -0.25) is 4.79 Å². The lowest BCUT2D eigenvalue weighted by Gasteiger charge is -2.35. The van der Waals surface area contributed by atoms with Crippen LogP contribution in [0, 0.1) is 5.92 Å². The summed E-state index contributed by atoms with van der Waals surface area (Å²) >= 11 is 0. The molecular formula is C18H18O8. The highest BCUT2D eigenvalue weighted by molar-refractivity contribution is 5.93. The minimum atomic E-state index is -2.26. The molecule has 138 valence electrons. The molecule has 0 amide bonds. The third kappa shape index (κ3) is 3.18. The second-order valence-electron chi connectivity index (χ2n) is 6.51. The van der Waals surface area contributed by atoms with E-state index in [1.54, 1.807) is 6.08 Å². The van der Waals surface area contributed by atoms with Crippen molar-refractivity contribution >= 4 is 18.0 Å². The molecule has 1 aliphatic carbocycles. The fourth-order valence-corrected chi connectivity index (χ4v) is 2.90. The van der Waals surface area contributed by atoms with Gasteiger partial charge in [0.05, 0.1) is 13.2 Å². The van der Waals surface area contributed by atoms with E-state index in [1.807, 2.05) is 0 Å². The minimum Gasteiger partial charge on any atom is -0.508 e. The Morgan fingerprint density at radius 1 is 1.15 bits per heavy atom. The van der Waals surface area contributed by atoms with Gasteiger partial charge in [0.15, 0.2) is 0 Å². The van der Waals surface area contributed by atoms with E-state index < -0.39 is 23.5 Å². The minimum absolute atomic E-state index is 0.00401. The van der Waals surface area contributed by atoms with Crippen molar-refractivity contribution in [3.63, 3.8) is 0 Å². The van der Waals surface area contributed by atoms with Gasteiger partial charge in [-0.05, 0) is 17.7 Å². The number of phenolic OH excluding ortho intramolecular Hbond substituents is 1. The Labute approximate surface area is 148 Å². The quantitative estimate of drug-likeness (QED) is 0.541. The highest BCUT2D eigenvalue weighted by atomic mass is 16.6. The monoisotopic (exact) mass is 362 g/mol. The summed E-state index contributed by atoms with van der Waals surface area (Å²) in [5.74, 6) is -3.01. The van der Waals surface area contributed by atoms with Crippen LogP contribution in [0.1, 0.15) is 11.1 Å². The van der Waals surface area contributed by atoms with E-state index in [1.165, 1.54) is 24.3 Å². The number of aromatic hydroxyl groups is 1. The Hall–Kier alpha value is -2.42. The van der Waals surface area contributed by atoms with Gasteiger partial charge in [-0.25, -0.2) is 4.79 Å². The third-order valence-corrected chi connectivity index (χ3v) is 4.55. The zero-order chi connectivity index (χ0) is 18.3. The molecule has 8 heteroatoms. The zero-order valence-corrected chi connectivity index (χ0v) is 13.8. The molecule has 2 N–H and O–H groups in total. The van der Waals surface area contributed by atoms with Crippen LogP contribution in [0.5, 0.6) is 5.75 Å². The van der Waals surface area contributed by atoms with Crippen LogP contribution in [0.3, 0.4) is 0 Å². The molecule has 0 spiro atoms. The van der Waals surface area contributed by atoms with Crippen molar-refractivity contribution in [3.8, 4) is 5.75 Å². The van der Waals surface area contributed by atoms with Gasteiger partial charge in [0.1, 0.15) is 37.1 Å². The predicted molar refractivity (Wildman–Crippen MR) is 85.9 cm³/mol. The van der Waals surface area contributed by atoms with Crippen molar-refractivity contribution in [2.75, 3.05) is 26.4 Å². The summed E-state index contributed by atoms with van der Waals surface area (Å²) < 4.78 is 20.3. The van der Waals surface area contributed by atoms with Gasteiger partial charge in [-0.2, -0.15) is 0 Å². The molecule has 3 aliphatic rings. The Balaban J connectivity index is 1.63. The van der Waals surface area contributed by atoms with E-state index in [2.05, 4.69) is 0 Å². The topological polar surface area (TPSA) is 118 Å². The number of fused-ring (bicyclic) bond motifs is 1. The molecule has 0 aromatic heterocycles. The Morgan fingerprint density at radius 3 is 2.46 bits per heavy atom. The lowest BCUT2D eigenvalue weighted by molar-refractivity contribution is -0.180. The van der Waals surface area contributed by atoms with Crippen LogP contribution < -0.4 is 0 Å². The molecular weight excluding hydrogens is 344 g/mol. The molecule has 4 rings (SSSR count). The number of phenols is 1. The van der Waals surface area contributed by atoms with Gasteiger partial charge in [-0.15, -0.1) is 0 Å². The van der Waals surface area contributed by atoms with Crippen molar-refractivity contribution in [3.05, 3.63) is 35.4 Å². The number of carbonyl (C=O) groups is 2. The van der Waals surface area contributed by atoms with E-state index in [9.17, 15) is 19.8 Å². The summed E-state index contributed by atoms with van der Waals surface area (Å²) in [6, 6.07) is 4.13. The second kappa shape index (κ2) is 6.39. The first-order valence-corrected chi connectivity index (χ1v) is 8.29. The fourth-order valence-electron chi connectivity index (χ4n) is 2.90. The zero-order valence-electron chi connectivity index (χ0n) is 13.8. The number of epoxide rings is 2.